The van der Waals surface area contributed by atoms with Crippen LogP contribution in [0.2, 0.25) is 0 Å². The Bertz CT molecular complexity index is 308. The number of hydrogen-bond acceptors (Lipinski definition) is 3. The van der Waals surface area contributed by atoms with Crippen molar-refractivity contribution in [1.29, 1.82) is 0 Å². The quantitative estimate of drug-likeness (QED) is 0.781. The molecule has 3 nitrogen and oxygen atoms in total. The average Bonchev–Trinajstić information content (AvgIpc) is 2.56. The van der Waals surface area contributed by atoms with Gasteiger partial charge in [-0.3, -0.25) is 4.98 Å². The van der Waals surface area contributed by atoms with Crippen molar-refractivity contribution >= 4 is 0 Å². The van der Waals surface area contributed by atoms with Crippen molar-refractivity contribution in [2.24, 2.45) is 0 Å². The summed E-state index contributed by atoms with van der Waals surface area (Å²) in [7, 11) is 0. The summed E-state index contributed by atoms with van der Waals surface area (Å²) in [6, 6.07) is 4.64. The summed E-state index contributed by atoms with van der Waals surface area (Å²) in [4.78, 5) is 4.11. The van der Waals surface area contributed by atoms with E-state index in [-0.39, 0.29) is 5.54 Å². The molecule has 1 aliphatic rings. The first-order valence-corrected chi connectivity index (χ1v) is 5.56. The second kappa shape index (κ2) is 4.29. The van der Waals surface area contributed by atoms with Crippen LogP contribution < -0.4 is 10.6 Å². The molecule has 0 aliphatic carbocycles. The molecule has 1 aromatic heterocycles. The number of nitrogens with zero attached hydrogens (tertiary/aromatic N) is 1. The van der Waals surface area contributed by atoms with E-state index in [4.69, 9.17) is 0 Å². The molecule has 0 aromatic carbocycles. The maximum atomic E-state index is 4.11. The minimum Gasteiger partial charge on any atom is -0.310 e. The molecule has 1 fully saturated rings. The van der Waals surface area contributed by atoms with E-state index in [2.05, 4.69) is 35.5 Å². The van der Waals surface area contributed by atoms with Crippen LogP contribution in [0.25, 0.3) is 0 Å². The molecule has 15 heavy (non-hydrogen) atoms. The maximum Gasteiger partial charge on any atom is 0.0312 e. The predicted molar refractivity (Wildman–Crippen MR) is 61.6 cm³/mol. The zero-order valence-corrected chi connectivity index (χ0v) is 9.46. The lowest BCUT2D eigenvalue weighted by molar-refractivity contribution is 0.350. The van der Waals surface area contributed by atoms with Crippen molar-refractivity contribution in [1.82, 2.24) is 15.6 Å². The molecule has 1 unspecified atom stereocenters. The second-order valence-electron chi connectivity index (χ2n) is 4.73. The molecule has 1 atom stereocenters. The van der Waals surface area contributed by atoms with Crippen LogP contribution in [-0.2, 0) is 6.54 Å². The van der Waals surface area contributed by atoms with Gasteiger partial charge >= 0.3 is 0 Å². The molecular formula is C12H19N3. The van der Waals surface area contributed by atoms with Crippen LogP contribution in [0.15, 0.2) is 24.5 Å². The topological polar surface area (TPSA) is 37.0 Å². The fraction of sp³-hybridized carbons (Fsp3) is 0.583. The van der Waals surface area contributed by atoms with E-state index in [0.29, 0.717) is 6.04 Å². The molecule has 3 heteroatoms. The first kappa shape index (κ1) is 10.6. The second-order valence-corrected chi connectivity index (χ2v) is 4.73. The maximum absolute atomic E-state index is 4.11. The minimum atomic E-state index is 0.211. The first-order chi connectivity index (χ1) is 7.18. The van der Waals surface area contributed by atoms with Gasteiger partial charge in [0.1, 0.15) is 0 Å². The lowest BCUT2D eigenvalue weighted by Crippen LogP contribution is -2.48. The molecule has 1 saturated heterocycles. The number of rotatable bonds is 3. The van der Waals surface area contributed by atoms with E-state index in [1.54, 1.807) is 0 Å². The molecule has 2 heterocycles. The summed E-state index contributed by atoms with van der Waals surface area (Å²) in [6.45, 7) is 6.52. The summed E-state index contributed by atoms with van der Waals surface area (Å²) in [5.41, 5.74) is 1.46. The smallest absolute Gasteiger partial charge is 0.0312 e. The van der Waals surface area contributed by atoms with Crippen molar-refractivity contribution in [2.75, 3.05) is 6.54 Å². The monoisotopic (exact) mass is 205 g/mol. The van der Waals surface area contributed by atoms with E-state index >= 15 is 0 Å². The van der Waals surface area contributed by atoms with Crippen LogP contribution >= 0.6 is 0 Å². The number of aromatic nitrogens is 1. The molecule has 0 spiro atoms. The summed E-state index contributed by atoms with van der Waals surface area (Å²) >= 11 is 0. The third-order valence-corrected chi connectivity index (χ3v) is 3.16. The van der Waals surface area contributed by atoms with Crippen LogP contribution in [0.4, 0.5) is 0 Å². The fourth-order valence-electron chi connectivity index (χ4n) is 2.12. The van der Waals surface area contributed by atoms with Gasteiger partial charge in [0.25, 0.3) is 0 Å². The van der Waals surface area contributed by atoms with Gasteiger partial charge in [-0.25, -0.2) is 0 Å². The Hall–Kier alpha value is -0.930. The van der Waals surface area contributed by atoms with Gasteiger partial charge in [-0.15, -0.1) is 0 Å². The largest absolute Gasteiger partial charge is 0.310 e. The van der Waals surface area contributed by atoms with Crippen LogP contribution in [-0.4, -0.2) is 23.1 Å². The molecular weight excluding hydrogens is 186 g/mol. The van der Waals surface area contributed by atoms with Crippen molar-refractivity contribution in [3.05, 3.63) is 30.1 Å². The third-order valence-electron chi connectivity index (χ3n) is 3.16. The first-order valence-electron chi connectivity index (χ1n) is 5.56. The summed E-state index contributed by atoms with van der Waals surface area (Å²) in [6.07, 6.45) is 4.93. The Morgan fingerprint density at radius 3 is 3.07 bits per heavy atom. The Morgan fingerprint density at radius 2 is 2.47 bits per heavy atom. The molecule has 2 rings (SSSR count). The standard InChI is InChI=1S/C12H19N3/c1-12(2)11(5-7-15-12)14-9-10-4-3-6-13-8-10/h3-4,6,8,11,14-15H,5,7,9H2,1-2H3. The molecule has 2 N–H and O–H groups in total. The summed E-state index contributed by atoms with van der Waals surface area (Å²) in [5.74, 6) is 0. The molecule has 0 bridgehead atoms. The minimum absolute atomic E-state index is 0.211. The van der Waals surface area contributed by atoms with Crippen molar-refractivity contribution in [3.63, 3.8) is 0 Å². The highest BCUT2D eigenvalue weighted by Gasteiger charge is 2.33. The van der Waals surface area contributed by atoms with Gasteiger partial charge in [0.05, 0.1) is 0 Å². The Labute approximate surface area is 91.3 Å². The van der Waals surface area contributed by atoms with Crippen LogP contribution in [0.5, 0.6) is 0 Å². The van der Waals surface area contributed by atoms with Crippen LogP contribution in [0.1, 0.15) is 25.8 Å². The van der Waals surface area contributed by atoms with Crippen LogP contribution in [0, 0.1) is 0 Å². The summed E-state index contributed by atoms with van der Waals surface area (Å²) in [5, 5.41) is 7.09. The Morgan fingerprint density at radius 1 is 1.60 bits per heavy atom. The fourth-order valence-corrected chi connectivity index (χ4v) is 2.12. The van der Waals surface area contributed by atoms with Gasteiger partial charge < -0.3 is 10.6 Å². The van der Waals surface area contributed by atoms with E-state index < -0.39 is 0 Å². The van der Waals surface area contributed by atoms with Gasteiger partial charge in [-0.1, -0.05) is 6.07 Å². The van der Waals surface area contributed by atoms with Gasteiger partial charge in [0, 0.05) is 30.5 Å². The number of pyridine rings is 1. The molecule has 1 aromatic rings. The highest BCUT2D eigenvalue weighted by atomic mass is 15.1. The van der Waals surface area contributed by atoms with Crippen LogP contribution in [0.3, 0.4) is 0 Å². The normalized spacial score (nSPS) is 24.3. The van der Waals surface area contributed by atoms with Gasteiger partial charge in [0.2, 0.25) is 0 Å². The Kier molecular flexibility index (Phi) is 3.03. The number of nitrogens with one attached hydrogen (secondary N) is 2. The summed E-state index contributed by atoms with van der Waals surface area (Å²) < 4.78 is 0. The SMILES string of the molecule is CC1(C)NCCC1NCc1cccnc1. The highest BCUT2D eigenvalue weighted by molar-refractivity contribution is 5.09. The van der Waals surface area contributed by atoms with Gasteiger partial charge in [-0.05, 0) is 38.4 Å². The molecule has 82 valence electrons. The third kappa shape index (κ3) is 2.55. The van der Waals surface area contributed by atoms with E-state index in [1.165, 1.54) is 12.0 Å². The highest BCUT2D eigenvalue weighted by Crippen LogP contribution is 2.18. The van der Waals surface area contributed by atoms with E-state index in [1.807, 2.05) is 18.5 Å². The van der Waals surface area contributed by atoms with E-state index in [9.17, 15) is 0 Å². The van der Waals surface area contributed by atoms with Gasteiger partial charge in [-0.2, -0.15) is 0 Å². The zero-order chi connectivity index (χ0) is 10.7. The van der Waals surface area contributed by atoms with Gasteiger partial charge in [0.15, 0.2) is 0 Å². The predicted octanol–water partition coefficient (Wildman–Crippen LogP) is 1.31. The van der Waals surface area contributed by atoms with Crippen molar-refractivity contribution in [3.8, 4) is 0 Å². The molecule has 0 saturated carbocycles. The average molecular weight is 205 g/mol. The molecule has 0 amide bonds. The van der Waals surface area contributed by atoms with E-state index in [0.717, 1.165) is 13.1 Å². The lowest BCUT2D eigenvalue weighted by atomic mass is 9.97. The zero-order valence-electron chi connectivity index (χ0n) is 9.46. The molecule has 1 aliphatic heterocycles. The van der Waals surface area contributed by atoms with Crippen molar-refractivity contribution in [2.45, 2.75) is 38.4 Å². The molecule has 0 radical (unpaired) electrons. The Balaban J connectivity index is 1.89. The number of hydrogen-bond donors (Lipinski definition) is 2. The lowest BCUT2D eigenvalue weighted by Gasteiger charge is -2.28. The van der Waals surface area contributed by atoms with Crippen molar-refractivity contribution < 1.29 is 0 Å².